The second-order valence-corrected chi connectivity index (χ2v) is 4.86. The summed E-state index contributed by atoms with van der Waals surface area (Å²) in [5.41, 5.74) is 2.66. The molecular formula is C14H22N2O. The van der Waals surface area contributed by atoms with E-state index in [1.807, 2.05) is 19.4 Å². The Morgan fingerprint density at radius 3 is 2.88 bits per heavy atom. The highest BCUT2D eigenvalue weighted by molar-refractivity contribution is 5.25. The Labute approximate surface area is 104 Å². The number of aromatic nitrogens is 1. The fourth-order valence-electron chi connectivity index (χ4n) is 2.56. The monoisotopic (exact) mass is 234 g/mol. The lowest BCUT2D eigenvalue weighted by molar-refractivity contribution is 0.0607. The Morgan fingerprint density at radius 1 is 1.47 bits per heavy atom. The molecule has 94 valence electrons. The van der Waals surface area contributed by atoms with Gasteiger partial charge in [0.05, 0.1) is 0 Å². The van der Waals surface area contributed by atoms with Crippen molar-refractivity contribution in [1.82, 2.24) is 10.3 Å². The molecule has 1 aliphatic heterocycles. The van der Waals surface area contributed by atoms with Crippen molar-refractivity contribution >= 4 is 0 Å². The van der Waals surface area contributed by atoms with Gasteiger partial charge in [-0.05, 0) is 56.3 Å². The summed E-state index contributed by atoms with van der Waals surface area (Å²) in [6.45, 7) is 4.01. The van der Waals surface area contributed by atoms with E-state index < -0.39 is 0 Å². The van der Waals surface area contributed by atoms with E-state index in [4.69, 9.17) is 4.74 Å². The second kappa shape index (κ2) is 6.12. The zero-order valence-corrected chi connectivity index (χ0v) is 10.8. The molecular weight excluding hydrogens is 212 g/mol. The number of hydrogen-bond acceptors (Lipinski definition) is 3. The van der Waals surface area contributed by atoms with Crippen LogP contribution >= 0.6 is 0 Å². The Hall–Kier alpha value is -0.930. The quantitative estimate of drug-likeness (QED) is 0.869. The van der Waals surface area contributed by atoms with Crippen molar-refractivity contribution in [2.75, 3.05) is 20.3 Å². The molecule has 0 aliphatic carbocycles. The van der Waals surface area contributed by atoms with Crippen molar-refractivity contribution in [3.8, 4) is 0 Å². The van der Waals surface area contributed by atoms with E-state index in [0.717, 1.165) is 19.1 Å². The highest BCUT2D eigenvalue weighted by Gasteiger charge is 2.20. The maximum absolute atomic E-state index is 5.41. The molecule has 17 heavy (non-hydrogen) atoms. The number of pyridine rings is 1. The summed E-state index contributed by atoms with van der Waals surface area (Å²) < 4.78 is 5.41. The number of nitrogens with one attached hydrogen (secondary N) is 1. The first kappa shape index (κ1) is 12.5. The first-order valence-corrected chi connectivity index (χ1v) is 6.46. The molecule has 0 spiro atoms. The minimum Gasteiger partial charge on any atom is -0.381 e. The van der Waals surface area contributed by atoms with Gasteiger partial charge in [-0.2, -0.15) is 0 Å². The molecule has 1 N–H and O–H groups in total. The maximum atomic E-state index is 5.41. The fourth-order valence-corrected chi connectivity index (χ4v) is 2.56. The molecule has 0 bridgehead atoms. The first-order valence-electron chi connectivity index (χ1n) is 6.46. The van der Waals surface area contributed by atoms with E-state index >= 15 is 0 Å². The lowest BCUT2D eigenvalue weighted by atomic mass is 9.89. The minimum absolute atomic E-state index is 0.423. The normalized spacial score (nSPS) is 19.2. The van der Waals surface area contributed by atoms with Crippen molar-refractivity contribution in [3.05, 3.63) is 29.6 Å². The predicted molar refractivity (Wildman–Crippen MR) is 68.9 cm³/mol. The van der Waals surface area contributed by atoms with Gasteiger partial charge >= 0.3 is 0 Å². The fraction of sp³-hybridized carbons (Fsp3) is 0.643. The standard InChI is InChI=1S/C14H22N2O/c1-11-3-6-16-10-13(11)14(15-2)9-12-4-7-17-8-5-12/h3,6,10,12,14-15H,4-5,7-9H2,1-2H3. The van der Waals surface area contributed by atoms with Gasteiger partial charge in [-0.25, -0.2) is 0 Å². The molecule has 1 atom stereocenters. The van der Waals surface area contributed by atoms with Gasteiger partial charge in [0, 0.05) is 31.6 Å². The van der Waals surface area contributed by atoms with Gasteiger partial charge in [0.15, 0.2) is 0 Å². The van der Waals surface area contributed by atoms with Crippen molar-refractivity contribution in [2.24, 2.45) is 5.92 Å². The van der Waals surface area contributed by atoms with Crippen LogP contribution in [0.15, 0.2) is 18.5 Å². The molecule has 2 rings (SSSR count). The third kappa shape index (κ3) is 3.27. The minimum atomic E-state index is 0.423. The van der Waals surface area contributed by atoms with Gasteiger partial charge in [0.1, 0.15) is 0 Å². The molecule has 2 heterocycles. The van der Waals surface area contributed by atoms with Crippen molar-refractivity contribution in [3.63, 3.8) is 0 Å². The number of aryl methyl sites for hydroxylation is 1. The molecule has 3 heteroatoms. The number of rotatable bonds is 4. The average molecular weight is 234 g/mol. The third-order valence-electron chi connectivity index (χ3n) is 3.71. The van der Waals surface area contributed by atoms with Gasteiger partial charge in [0.2, 0.25) is 0 Å². The van der Waals surface area contributed by atoms with E-state index in [9.17, 15) is 0 Å². The van der Waals surface area contributed by atoms with Gasteiger partial charge in [0.25, 0.3) is 0 Å². The molecule has 1 aliphatic rings. The molecule has 3 nitrogen and oxygen atoms in total. The van der Waals surface area contributed by atoms with Crippen LogP contribution in [0.5, 0.6) is 0 Å². The van der Waals surface area contributed by atoms with Crippen LogP contribution in [-0.4, -0.2) is 25.2 Å². The van der Waals surface area contributed by atoms with Crippen LogP contribution < -0.4 is 5.32 Å². The third-order valence-corrected chi connectivity index (χ3v) is 3.71. The van der Waals surface area contributed by atoms with Crippen molar-refractivity contribution < 1.29 is 4.74 Å². The van der Waals surface area contributed by atoms with E-state index in [2.05, 4.69) is 23.3 Å². The summed E-state index contributed by atoms with van der Waals surface area (Å²) in [7, 11) is 2.04. The molecule has 0 amide bonds. The van der Waals surface area contributed by atoms with Crippen LogP contribution in [0.3, 0.4) is 0 Å². The summed E-state index contributed by atoms with van der Waals surface area (Å²) in [5.74, 6) is 0.779. The molecule has 1 saturated heterocycles. The Kier molecular flexibility index (Phi) is 4.51. The van der Waals surface area contributed by atoms with Gasteiger partial charge in [-0.3, -0.25) is 4.98 Å². The lowest BCUT2D eigenvalue weighted by Gasteiger charge is -2.27. The molecule has 0 saturated carbocycles. The van der Waals surface area contributed by atoms with Gasteiger partial charge in [-0.15, -0.1) is 0 Å². The molecule has 1 aromatic rings. The zero-order chi connectivity index (χ0) is 12.1. The largest absolute Gasteiger partial charge is 0.381 e. The lowest BCUT2D eigenvalue weighted by Crippen LogP contribution is -2.24. The number of hydrogen-bond donors (Lipinski definition) is 1. The van der Waals surface area contributed by atoms with Crippen LogP contribution in [-0.2, 0) is 4.74 Å². The van der Waals surface area contributed by atoms with Crippen LogP contribution in [0.25, 0.3) is 0 Å². The van der Waals surface area contributed by atoms with Gasteiger partial charge < -0.3 is 10.1 Å². The summed E-state index contributed by atoms with van der Waals surface area (Å²) in [4.78, 5) is 4.24. The smallest absolute Gasteiger partial charge is 0.0468 e. The number of ether oxygens (including phenoxy) is 1. The molecule has 1 unspecified atom stereocenters. The van der Waals surface area contributed by atoms with E-state index in [0.29, 0.717) is 6.04 Å². The van der Waals surface area contributed by atoms with Crippen molar-refractivity contribution in [2.45, 2.75) is 32.2 Å². The number of nitrogens with zero attached hydrogens (tertiary/aromatic N) is 1. The van der Waals surface area contributed by atoms with Crippen LogP contribution in [0.1, 0.15) is 36.4 Å². The van der Waals surface area contributed by atoms with Crippen LogP contribution in [0.4, 0.5) is 0 Å². The zero-order valence-electron chi connectivity index (χ0n) is 10.8. The Morgan fingerprint density at radius 2 is 2.24 bits per heavy atom. The second-order valence-electron chi connectivity index (χ2n) is 4.86. The topological polar surface area (TPSA) is 34.1 Å². The first-order chi connectivity index (χ1) is 8.31. The summed E-state index contributed by atoms with van der Waals surface area (Å²) >= 11 is 0. The molecule has 0 radical (unpaired) electrons. The Balaban J connectivity index is 2.03. The predicted octanol–water partition coefficient (Wildman–Crippen LogP) is 2.47. The van der Waals surface area contributed by atoms with Crippen molar-refractivity contribution in [1.29, 1.82) is 0 Å². The average Bonchev–Trinajstić information content (AvgIpc) is 2.38. The molecule has 1 aromatic heterocycles. The van der Waals surface area contributed by atoms with Crippen LogP contribution in [0, 0.1) is 12.8 Å². The maximum Gasteiger partial charge on any atom is 0.0468 e. The summed E-state index contributed by atoms with van der Waals surface area (Å²) in [6.07, 6.45) is 7.43. The summed E-state index contributed by atoms with van der Waals surface area (Å²) in [5, 5.41) is 3.43. The highest BCUT2D eigenvalue weighted by atomic mass is 16.5. The van der Waals surface area contributed by atoms with Gasteiger partial charge in [-0.1, -0.05) is 0 Å². The Bertz CT molecular complexity index is 348. The molecule has 1 fully saturated rings. The molecule has 0 aromatic carbocycles. The SMILES string of the molecule is CNC(CC1CCOCC1)c1cnccc1C. The van der Waals surface area contributed by atoms with E-state index in [1.54, 1.807) is 0 Å². The van der Waals surface area contributed by atoms with Crippen LogP contribution in [0.2, 0.25) is 0 Å². The summed E-state index contributed by atoms with van der Waals surface area (Å²) in [6, 6.07) is 2.51. The highest BCUT2D eigenvalue weighted by Crippen LogP contribution is 2.28. The van der Waals surface area contributed by atoms with E-state index in [-0.39, 0.29) is 0 Å². The van der Waals surface area contributed by atoms with E-state index in [1.165, 1.54) is 30.4 Å².